The van der Waals surface area contributed by atoms with Crippen LogP contribution in [-0.4, -0.2) is 40.8 Å². The second-order valence-electron chi connectivity index (χ2n) is 2.86. The van der Waals surface area contributed by atoms with E-state index in [1.807, 2.05) is 51.1 Å². The van der Waals surface area contributed by atoms with Crippen LogP contribution in [0.25, 0.3) is 16.0 Å². The maximum absolute atomic E-state index is 3.74. The van der Waals surface area contributed by atoms with Crippen molar-refractivity contribution >= 4 is 0 Å². The van der Waals surface area contributed by atoms with Crippen LogP contribution >= 0.6 is 0 Å². The zero-order valence-corrected chi connectivity index (χ0v) is 17.0. The fourth-order valence-corrected chi connectivity index (χ4v) is 0.321. The first-order valence-electron chi connectivity index (χ1n) is 6.79. The molecule has 0 fully saturated rings. The molecule has 0 amide bonds. The van der Waals surface area contributed by atoms with Gasteiger partial charge in [0.05, 0.1) is 0 Å². The average molecular weight is 360 g/mol. The van der Waals surface area contributed by atoms with Crippen molar-refractivity contribution in [2.75, 3.05) is 40.8 Å². The Kier molecular flexibility index (Phi) is 81.7. The third-order valence-electron chi connectivity index (χ3n) is 1.50. The number of rotatable bonds is 3. The summed E-state index contributed by atoms with van der Waals surface area (Å²) in [5.41, 5.74) is 0. The van der Waals surface area contributed by atoms with Gasteiger partial charge in [-0.25, -0.2) is 12.1 Å². The van der Waals surface area contributed by atoms with Gasteiger partial charge in [-0.1, -0.05) is 20.8 Å². The Morgan fingerprint density at radius 1 is 0.750 bits per heavy atom. The van der Waals surface area contributed by atoms with Crippen molar-refractivity contribution in [3.05, 3.63) is 53.2 Å². The summed E-state index contributed by atoms with van der Waals surface area (Å²) >= 11 is 0. The van der Waals surface area contributed by atoms with Crippen LogP contribution in [0.5, 0.6) is 0 Å². The molecule has 0 aliphatic carbocycles. The predicted octanol–water partition coefficient (Wildman–Crippen LogP) is 5.27. The Bertz CT molecular complexity index is 124. The molecule has 0 saturated heterocycles. The topological polar surface area (TPSA) is 42.3 Å². The van der Waals surface area contributed by atoms with E-state index in [9.17, 15) is 0 Å². The molecule has 4 heteroatoms. The van der Waals surface area contributed by atoms with Crippen LogP contribution in [0.4, 0.5) is 0 Å². The van der Waals surface area contributed by atoms with Crippen LogP contribution in [0.2, 0.25) is 0 Å². The van der Waals surface area contributed by atoms with E-state index in [1.54, 1.807) is 28.1 Å². The van der Waals surface area contributed by atoms with Gasteiger partial charge in [0.15, 0.2) is 0 Å². The first-order chi connectivity index (χ1) is 9.24. The molecule has 0 heterocycles. The van der Waals surface area contributed by atoms with Gasteiger partial charge in [-0.15, -0.1) is 0 Å². The molecule has 0 spiro atoms. The van der Waals surface area contributed by atoms with Crippen LogP contribution < -0.4 is 0 Å². The van der Waals surface area contributed by atoms with Crippen molar-refractivity contribution in [3.63, 3.8) is 0 Å². The SMILES string of the molecule is CC[N-]C.CC[N-]C.CC[N-]C.[CH2-]C.[Zr].c1cc[cH-]c1. The molecule has 1 rings (SSSR count). The Morgan fingerprint density at radius 3 is 1.00 bits per heavy atom. The predicted molar refractivity (Wildman–Crippen MR) is 92.5 cm³/mol. The fourth-order valence-electron chi connectivity index (χ4n) is 0.321. The van der Waals surface area contributed by atoms with Crippen molar-refractivity contribution in [2.45, 2.75) is 27.7 Å². The maximum Gasteiger partial charge on any atom is 0 e. The molecule has 0 unspecified atom stereocenters. The summed E-state index contributed by atoms with van der Waals surface area (Å²) < 4.78 is 0. The second-order valence-corrected chi connectivity index (χ2v) is 2.86. The van der Waals surface area contributed by atoms with Crippen LogP contribution in [0, 0.1) is 6.92 Å². The minimum Gasteiger partial charge on any atom is -0.665 e. The second kappa shape index (κ2) is 50.8. The zero-order chi connectivity index (χ0) is 15.8. The van der Waals surface area contributed by atoms with E-state index in [4.69, 9.17) is 0 Å². The van der Waals surface area contributed by atoms with E-state index in [-0.39, 0.29) is 26.2 Å². The van der Waals surface area contributed by atoms with Gasteiger partial charge in [0.25, 0.3) is 0 Å². The first kappa shape index (κ1) is 32.2. The minimum absolute atomic E-state index is 0. The first-order valence-corrected chi connectivity index (χ1v) is 6.79. The van der Waals surface area contributed by atoms with Crippen molar-refractivity contribution in [1.29, 1.82) is 0 Å². The van der Waals surface area contributed by atoms with Gasteiger partial charge in [0, 0.05) is 26.2 Å². The zero-order valence-electron chi connectivity index (χ0n) is 14.6. The van der Waals surface area contributed by atoms with Crippen molar-refractivity contribution in [1.82, 2.24) is 0 Å². The van der Waals surface area contributed by atoms with Gasteiger partial charge in [0.1, 0.15) is 0 Å². The summed E-state index contributed by atoms with van der Waals surface area (Å²) in [7, 11) is 5.42. The van der Waals surface area contributed by atoms with E-state index < -0.39 is 0 Å². The van der Waals surface area contributed by atoms with Crippen LogP contribution in [0.3, 0.4) is 0 Å². The molecule has 0 atom stereocenters. The third-order valence-corrected chi connectivity index (χ3v) is 1.50. The van der Waals surface area contributed by atoms with E-state index >= 15 is 0 Å². The molecule has 0 bridgehead atoms. The van der Waals surface area contributed by atoms with Gasteiger partial charge in [-0.05, 0) is 0 Å². The summed E-state index contributed by atoms with van der Waals surface area (Å²) in [6, 6.07) is 10.0. The quantitative estimate of drug-likeness (QED) is 0.660. The van der Waals surface area contributed by atoms with Gasteiger partial charge >= 0.3 is 0 Å². The van der Waals surface area contributed by atoms with E-state index in [1.165, 1.54) is 0 Å². The van der Waals surface area contributed by atoms with E-state index in [2.05, 4.69) is 22.9 Å². The molecular formula is C16H34N3Zr-5. The summed E-state index contributed by atoms with van der Waals surface area (Å²) in [6.45, 7) is 13.9. The molecule has 1 aromatic rings. The van der Waals surface area contributed by atoms with Crippen LogP contribution in [0.15, 0.2) is 30.3 Å². The smallest absolute Gasteiger partial charge is 0 e. The summed E-state index contributed by atoms with van der Waals surface area (Å²) in [5, 5.41) is 11.2. The molecule has 20 heavy (non-hydrogen) atoms. The average Bonchev–Trinajstić information content (AvgIpc) is 3.09. The Morgan fingerprint density at radius 2 is 0.950 bits per heavy atom. The molecule has 3 nitrogen and oxygen atoms in total. The van der Waals surface area contributed by atoms with Gasteiger partial charge in [0.2, 0.25) is 0 Å². The van der Waals surface area contributed by atoms with Gasteiger partial charge < -0.3 is 22.9 Å². The van der Waals surface area contributed by atoms with Crippen molar-refractivity contribution < 1.29 is 26.2 Å². The molecule has 0 aliphatic rings. The number of hydrogen-bond donors (Lipinski definition) is 0. The summed E-state index contributed by atoms with van der Waals surface area (Å²) in [6.07, 6.45) is 0. The fraction of sp³-hybridized carbons (Fsp3) is 0.625. The Hall–Kier alpha value is 0.113. The Balaban J connectivity index is -0.0000000476. The summed E-state index contributed by atoms with van der Waals surface area (Å²) in [5.74, 6) is 0. The van der Waals surface area contributed by atoms with Gasteiger partial charge in [-0.2, -0.15) is 65.9 Å². The largest absolute Gasteiger partial charge is 0.665 e. The molecule has 0 saturated carbocycles. The summed E-state index contributed by atoms with van der Waals surface area (Å²) in [4.78, 5) is 0. The maximum atomic E-state index is 3.74. The van der Waals surface area contributed by atoms with E-state index in [0.29, 0.717) is 0 Å². The normalized spacial score (nSPS) is 6.80. The van der Waals surface area contributed by atoms with Crippen molar-refractivity contribution in [3.8, 4) is 0 Å². The van der Waals surface area contributed by atoms with Crippen LogP contribution in [0.1, 0.15) is 27.7 Å². The third kappa shape index (κ3) is 80.6. The van der Waals surface area contributed by atoms with E-state index in [0.717, 1.165) is 19.6 Å². The Labute approximate surface area is 147 Å². The molecule has 1 aromatic carbocycles. The standard InChI is InChI=1S/C5H5.3C3H8N.C2H5.Zr/c1-2-4-5-3-1;3*1-3-4-2;1-2;/h1-5H;3*3H2,1-2H3;1H2,2H3;/q5*-1;. The molecule has 0 aliphatic heterocycles. The molecule has 122 valence electrons. The monoisotopic (exact) mass is 358 g/mol. The molecule has 0 aromatic heterocycles. The van der Waals surface area contributed by atoms with Crippen LogP contribution in [-0.2, 0) is 26.2 Å². The van der Waals surface area contributed by atoms with Gasteiger partial charge in [-0.3, -0.25) is 0 Å². The molecule has 0 N–H and O–H groups in total. The number of nitrogens with zero attached hydrogens (tertiary/aromatic N) is 3. The number of hydrogen-bond acceptors (Lipinski definition) is 0. The molecular weight excluding hydrogens is 325 g/mol. The molecule has 0 radical (unpaired) electrons. The minimum atomic E-state index is 0. The van der Waals surface area contributed by atoms with Crippen molar-refractivity contribution in [2.24, 2.45) is 0 Å².